The second-order valence-electron chi connectivity index (χ2n) is 8.98. The molecule has 1 N–H and O–H groups in total. The van der Waals surface area contributed by atoms with E-state index in [-0.39, 0.29) is 29.7 Å². The first-order valence-electron chi connectivity index (χ1n) is 11.1. The third-order valence-electron chi connectivity index (χ3n) is 6.20. The molecular formula is C23H31N3O4. The van der Waals surface area contributed by atoms with Gasteiger partial charge in [0.1, 0.15) is 0 Å². The lowest BCUT2D eigenvalue weighted by atomic mass is 9.95. The predicted molar refractivity (Wildman–Crippen MR) is 114 cm³/mol. The van der Waals surface area contributed by atoms with Gasteiger partial charge in [-0.25, -0.2) is 0 Å². The SMILES string of the molecule is CC(C)CNC(=O)[C@H]1CCCN(c2cccc3c2C(=O)N(C[C@@H]2CCCO2)C3=O)C1. The Morgan fingerprint density at radius 1 is 1.20 bits per heavy atom. The second-order valence-corrected chi connectivity index (χ2v) is 8.98. The van der Waals surface area contributed by atoms with Crippen molar-refractivity contribution in [2.24, 2.45) is 11.8 Å². The van der Waals surface area contributed by atoms with Crippen molar-refractivity contribution >= 4 is 23.4 Å². The Morgan fingerprint density at radius 3 is 2.77 bits per heavy atom. The summed E-state index contributed by atoms with van der Waals surface area (Å²) in [5, 5.41) is 3.03. The maximum Gasteiger partial charge on any atom is 0.263 e. The molecule has 3 amide bonds. The Bertz CT molecular complexity index is 832. The predicted octanol–water partition coefficient (Wildman–Crippen LogP) is 2.45. The van der Waals surface area contributed by atoms with Crippen LogP contribution in [0.2, 0.25) is 0 Å². The average Bonchev–Trinajstić information content (AvgIpc) is 3.35. The second kappa shape index (κ2) is 8.76. The number of nitrogens with zero attached hydrogens (tertiary/aromatic N) is 2. The van der Waals surface area contributed by atoms with Crippen molar-refractivity contribution in [1.29, 1.82) is 0 Å². The first-order valence-corrected chi connectivity index (χ1v) is 11.1. The maximum absolute atomic E-state index is 13.2. The van der Waals surface area contributed by atoms with Gasteiger partial charge >= 0.3 is 0 Å². The summed E-state index contributed by atoms with van der Waals surface area (Å²) in [5.74, 6) is -0.112. The molecule has 1 aromatic carbocycles. The quantitative estimate of drug-likeness (QED) is 0.725. The molecule has 4 rings (SSSR count). The third-order valence-corrected chi connectivity index (χ3v) is 6.20. The number of nitrogens with one attached hydrogen (secondary N) is 1. The molecule has 3 aliphatic heterocycles. The van der Waals surface area contributed by atoms with Gasteiger partial charge in [0.05, 0.1) is 35.4 Å². The monoisotopic (exact) mass is 413 g/mol. The largest absolute Gasteiger partial charge is 0.376 e. The van der Waals surface area contributed by atoms with Gasteiger partial charge in [-0.15, -0.1) is 0 Å². The summed E-state index contributed by atoms with van der Waals surface area (Å²) >= 11 is 0. The van der Waals surface area contributed by atoms with E-state index < -0.39 is 0 Å². The fourth-order valence-electron chi connectivity index (χ4n) is 4.60. The third kappa shape index (κ3) is 4.08. The minimum absolute atomic E-state index is 0.0697. The number of amides is 3. The van der Waals surface area contributed by atoms with E-state index in [1.807, 2.05) is 12.1 Å². The van der Waals surface area contributed by atoms with Crippen molar-refractivity contribution in [3.8, 4) is 0 Å². The highest BCUT2D eigenvalue weighted by molar-refractivity contribution is 6.23. The average molecular weight is 414 g/mol. The van der Waals surface area contributed by atoms with E-state index in [9.17, 15) is 14.4 Å². The van der Waals surface area contributed by atoms with Gasteiger partial charge in [0.2, 0.25) is 5.91 Å². The van der Waals surface area contributed by atoms with Crippen LogP contribution in [0.5, 0.6) is 0 Å². The molecule has 2 fully saturated rings. The van der Waals surface area contributed by atoms with Crippen LogP contribution in [-0.4, -0.2) is 61.5 Å². The number of hydrogen-bond donors (Lipinski definition) is 1. The number of anilines is 1. The summed E-state index contributed by atoms with van der Waals surface area (Å²) in [4.78, 5) is 42.1. The fourth-order valence-corrected chi connectivity index (χ4v) is 4.60. The standard InChI is InChI=1S/C23H31N3O4/c1-15(2)12-24-21(27)16-6-4-10-25(13-16)19-9-3-8-18-20(19)23(29)26(22(18)28)14-17-7-5-11-30-17/h3,8-9,15-17H,4-7,10-14H2,1-2H3,(H,24,27)/t16-,17-/m0/s1. The summed E-state index contributed by atoms with van der Waals surface area (Å²) < 4.78 is 5.64. The van der Waals surface area contributed by atoms with Crippen LogP contribution in [0.1, 0.15) is 60.2 Å². The molecule has 0 radical (unpaired) electrons. The molecule has 2 atom stereocenters. The lowest BCUT2D eigenvalue weighted by Gasteiger charge is -2.34. The summed E-state index contributed by atoms with van der Waals surface area (Å²) in [5.41, 5.74) is 1.70. The molecular weight excluding hydrogens is 382 g/mol. The number of imide groups is 1. The van der Waals surface area contributed by atoms with E-state index in [1.54, 1.807) is 6.07 Å². The first-order chi connectivity index (χ1) is 14.5. The van der Waals surface area contributed by atoms with Gasteiger partial charge in [-0.3, -0.25) is 19.3 Å². The molecule has 0 aromatic heterocycles. The van der Waals surface area contributed by atoms with Gasteiger partial charge < -0.3 is 15.0 Å². The lowest BCUT2D eigenvalue weighted by molar-refractivity contribution is -0.125. The van der Waals surface area contributed by atoms with Crippen molar-refractivity contribution in [3.05, 3.63) is 29.3 Å². The molecule has 30 heavy (non-hydrogen) atoms. The molecule has 0 aliphatic carbocycles. The molecule has 0 saturated carbocycles. The molecule has 162 valence electrons. The van der Waals surface area contributed by atoms with Crippen LogP contribution in [0, 0.1) is 11.8 Å². The summed E-state index contributed by atoms with van der Waals surface area (Å²) in [7, 11) is 0. The molecule has 3 aliphatic rings. The number of benzene rings is 1. The molecule has 7 nitrogen and oxygen atoms in total. The Labute approximate surface area is 177 Å². The van der Waals surface area contributed by atoms with Crippen molar-refractivity contribution in [1.82, 2.24) is 10.2 Å². The zero-order chi connectivity index (χ0) is 21.3. The summed E-state index contributed by atoms with van der Waals surface area (Å²) in [6.07, 6.45) is 3.49. The molecule has 0 bridgehead atoms. The summed E-state index contributed by atoms with van der Waals surface area (Å²) in [6, 6.07) is 5.46. The summed E-state index contributed by atoms with van der Waals surface area (Å²) in [6.45, 7) is 7.16. The van der Waals surface area contributed by atoms with E-state index in [2.05, 4.69) is 24.1 Å². The Morgan fingerprint density at radius 2 is 2.03 bits per heavy atom. The van der Waals surface area contributed by atoms with Crippen LogP contribution in [0.15, 0.2) is 18.2 Å². The van der Waals surface area contributed by atoms with Crippen LogP contribution in [0.25, 0.3) is 0 Å². The molecule has 3 heterocycles. The number of fused-ring (bicyclic) bond motifs is 1. The van der Waals surface area contributed by atoms with Gasteiger partial charge in [-0.05, 0) is 43.7 Å². The highest BCUT2D eigenvalue weighted by Crippen LogP contribution is 2.34. The van der Waals surface area contributed by atoms with E-state index in [0.29, 0.717) is 43.3 Å². The van der Waals surface area contributed by atoms with E-state index in [4.69, 9.17) is 4.74 Å². The zero-order valence-electron chi connectivity index (χ0n) is 17.9. The molecule has 1 aromatic rings. The smallest absolute Gasteiger partial charge is 0.263 e. The van der Waals surface area contributed by atoms with Gasteiger partial charge in [0.25, 0.3) is 11.8 Å². The highest BCUT2D eigenvalue weighted by atomic mass is 16.5. The highest BCUT2D eigenvalue weighted by Gasteiger charge is 2.40. The molecule has 2 saturated heterocycles. The fraction of sp³-hybridized carbons (Fsp3) is 0.609. The Kier molecular flexibility index (Phi) is 6.09. The van der Waals surface area contributed by atoms with Crippen LogP contribution in [0.3, 0.4) is 0 Å². The molecule has 7 heteroatoms. The molecule has 0 spiro atoms. The number of rotatable bonds is 6. The number of hydrogen-bond acceptors (Lipinski definition) is 5. The van der Waals surface area contributed by atoms with Gasteiger partial charge in [0.15, 0.2) is 0 Å². The van der Waals surface area contributed by atoms with E-state index in [1.165, 1.54) is 4.90 Å². The topological polar surface area (TPSA) is 79.0 Å². The van der Waals surface area contributed by atoms with Gasteiger partial charge in [-0.2, -0.15) is 0 Å². The first kappa shape index (κ1) is 20.8. The zero-order valence-corrected chi connectivity index (χ0v) is 17.9. The number of carbonyl (C=O) groups excluding carboxylic acids is 3. The van der Waals surface area contributed by atoms with Crippen molar-refractivity contribution in [2.75, 3.05) is 37.7 Å². The maximum atomic E-state index is 13.2. The van der Waals surface area contributed by atoms with Crippen LogP contribution >= 0.6 is 0 Å². The van der Waals surface area contributed by atoms with Crippen molar-refractivity contribution in [2.45, 2.75) is 45.6 Å². The number of piperidine rings is 1. The number of ether oxygens (including phenoxy) is 1. The van der Waals surface area contributed by atoms with E-state index in [0.717, 1.165) is 37.9 Å². The Balaban J connectivity index is 1.52. The lowest BCUT2D eigenvalue weighted by Crippen LogP contribution is -2.44. The van der Waals surface area contributed by atoms with Crippen LogP contribution in [0.4, 0.5) is 5.69 Å². The van der Waals surface area contributed by atoms with Gasteiger partial charge in [-0.1, -0.05) is 19.9 Å². The van der Waals surface area contributed by atoms with Crippen LogP contribution in [-0.2, 0) is 9.53 Å². The minimum atomic E-state index is -0.243. The Hall–Kier alpha value is -2.41. The van der Waals surface area contributed by atoms with Crippen molar-refractivity contribution in [3.63, 3.8) is 0 Å². The van der Waals surface area contributed by atoms with Gasteiger partial charge in [0, 0.05) is 26.2 Å². The number of carbonyl (C=O) groups is 3. The van der Waals surface area contributed by atoms with Crippen molar-refractivity contribution < 1.29 is 19.1 Å². The minimum Gasteiger partial charge on any atom is -0.376 e. The normalized spacial score (nSPS) is 24.0. The van der Waals surface area contributed by atoms with Crippen LogP contribution < -0.4 is 10.2 Å². The van der Waals surface area contributed by atoms with E-state index >= 15 is 0 Å². The molecule has 0 unspecified atom stereocenters.